The lowest BCUT2D eigenvalue weighted by Crippen LogP contribution is -2.42. The Morgan fingerprint density at radius 3 is 2.84 bits per heavy atom. The van der Waals surface area contributed by atoms with Gasteiger partial charge in [0.05, 0.1) is 36.7 Å². The fourth-order valence-electron chi connectivity index (χ4n) is 5.03. The predicted octanol–water partition coefficient (Wildman–Crippen LogP) is 2.56. The zero-order valence-corrected chi connectivity index (χ0v) is 17.7. The van der Waals surface area contributed by atoms with Crippen LogP contribution in [0.5, 0.6) is 0 Å². The summed E-state index contributed by atoms with van der Waals surface area (Å²) in [6.07, 6.45) is 11.1. The Labute approximate surface area is 181 Å². The number of hydrogen-bond acceptors (Lipinski definition) is 7. The maximum absolute atomic E-state index is 12.9. The van der Waals surface area contributed by atoms with Crippen LogP contribution < -0.4 is 21.1 Å². The topological polar surface area (TPSA) is 112 Å². The molecule has 31 heavy (non-hydrogen) atoms. The van der Waals surface area contributed by atoms with Gasteiger partial charge in [-0.2, -0.15) is 10.2 Å². The molecule has 1 aromatic carbocycles. The van der Waals surface area contributed by atoms with Crippen LogP contribution in [0.2, 0.25) is 0 Å². The number of aryl methyl sites for hydroxylation is 1. The minimum absolute atomic E-state index is 0.00841. The maximum atomic E-state index is 12.9. The van der Waals surface area contributed by atoms with Crippen molar-refractivity contribution in [3.05, 3.63) is 35.7 Å². The number of benzene rings is 1. The third-order valence-electron chi connectivity index (χ3n) is 6.69. The number of hydrogen-bond donors (Lipinski definition) is 3. The third kappa shape index (κ3) is 3.79. The highest BCUT2D eigenvalue weighted by molar-refractivity contribution is 5.96. The number of amides is 1. The van der Waals surface area contributed by atoms with Gasteiger partial charge in [-0.25, -0.2) is 0 Å². The van der Waals surface area contributed by atoms with E-state index in [1.54, 1.807) is 10.9 Å². The first-order chi connectivity index (χ1) is 15.0. The number of nitrogens with zero attached hydrogens (tertiary/aromatic N) is 5. The number of hydroxylamine groups is 1. The highest BCUT2D eigenvalue weighted by Crippen LogP contribution is 2.41. The Morgan fingerprint density at radius 1 is 1.29 bits per heavy atom. The molecule has 0 bridgehead atoms. The Balaban J connectivity index is 1.42. The van der Waals surface area contributed by atoms with Crippen molar-refractivity contribution in [1.29, 1.82) is 0 Å². The van der Waals surface area contributed by atoms with Crippen LogP contribution in [-0.2, 0) is 18.4 Å². The zero-order valence-electron chi connectivity index (χ0n) is 17.7. The van der Waals surface area contributed by atoms with Crippen LogP contribution in [0.3, 0.4) is 0 Å². The van der Waals surface area contributed by atoms with E-state index in [0.29, 0.717) is 24.5 Å². The van der Waals surface area contributed by atoms with Crippen LogP contribution in [0, 0.1) is 5.92 Å². The van der Waals surface area contributed by atoms with Crippen LogP contribution in [0.25, 0.3) is 0 Å². The number of carbonyl (C=O) groups is 1. The lowest BCUT2D eigenvalue weighted by atomic mass is 9.84. The average molecular weight is 424 g/mol. The fraction of sp³-hybridized carbons (Fsp3) is 0.500. The van der Waals surface area contributed by atoms with Gasteiger partial charge in [-0.1, -0.05) is 19.3 Å². The molecule has 2 atom stereocenters. The van der Waals surface area contributed by atoms with E-state index in [1.807, 2.05) is 36.6 Å². The van der Waals surface area contributed by atoms with E-state index in [4.69, 9.17) is 5.73 Å². The molecule has 9 heteroatoms. The van der Waals surface area contributed by atoms with Gasteiger partial charge < -0.3 is 11.1 Å². The van der Waals surface area contributed by atoms with Crippen molar-refractivity contribution in [1.82, 2.24) is 9.78 Å². The van der Waals surface area contributed by atoms with E-state index < -0.39 is 6.04 Å². The summed E-state index contributed by atoms with van der Waals surface area (Å²) in [5, 5.41) is 25.5. The van der Waals surface area contributed by atoms with Gasteiger partial charge in [0.1, 0.15) is 0 Å². The molecule has 3 heterocycles. The molecule has 0 radical (unpaired) electrons. The fourth-order valence-corrected chi connectivity index (χ4v) is 5.03. The van der Waals surface area contributed by atoms with E-state index >= 15 is 0 Å². The van der Waals surface area contributed by atoms with E-state index in [-0.39, 0.29) is 17.7 Å². The molecule has 1 fully saturated rings. The molecule has 1 aliphatic carbocycles. The van der Waals surface area contributed by atoms with Crippen molar-refractivity contribution in [2.75, 3.05) is 21.9 Å². The predicted molar refractivity (Wildman–Crippen MR) is 119 cm³/mol. The smallest absolute Gasteiger partial charge is 0.241 e. The quantitative estimate of drug-likeness (QED) is 0.697. The molecular weight excluding hydrogens is 394 g/mol. The second kappa shape index (κ2) is 7.97. The molecule has 2 aromatic rings. The Morgan fingerprint density at radius 2 is 2.10 bits per heavy atom. The van der Waals surface area contributed by atoms with Crippen molar-refractivity contribution in [3.8, 4) is 0 Å². The molecule has 1 unspecified atom stereocenters. The largest absolute Gasteiger partial charge is 0.325 e. The van der Waals surface area contributed by atoms with Crippen LogP contribution in [0.15, 0.2) is 29.6 Å². The molecular formula is C22H29N7O2. The monoisotopic (exact) mass is 423 g/mol. The number of anilines is 3. The number of rotatable bonds is 4. The minimum Gasteiger partial charge on any atom is -0.325 e. The standard InChI is InChI=1S/C22H29N7O2/c1-27-13-18(10-24-27)28-11-15-7-17(8-19-20(15)16(9-25-28)12-29(19)31)26-22(30)21(23)14-5-3-2-4-6-14/h7-10,13-14,16,21,31H,2-6,11-12,23H2,1H3,(H,26,30)/t16?,21-/m1/s1. The van der Waals surface area contributed by atoms with E-state index in [1.165, 1.54) is 11.5 Å². The van der Waals surface area contributed by atoms with Crippen molar-refractivity contribution < 1.29 is 10.0 Å². The summed E-state index contributed by atoms with van der Waals surface area (Å²) in [5.41, 5.74) is 10.6. The normalized spacial score (nSPS) is 21.7. The molecule has 1 aromatic heterocycles. The molecule has 0 spiro atoms. The van der Waals surface area contributed by atoms with Crippen molar-refractivity contribution >= 4 is 29.2 Å². The number of carbonyl (C=O) groups excluding carboxylic acids is 1. The Hall–Kier alpha value is -2.91. The zero-order chi connectivity index (χ0) is 21.5. The highest BCUT2D eigenvalue weighted by atomic mass is 16.5. The SMILES string of the molecule is Cn1cc(N2Cc3cc(NC(=O)[C@H](N)C4CCCCC4)cc4c3C(C=N2)CN4O)cn1. The summed E-state index contributed by atoms with van der Waals surface area (Å²) in [6.45, 7) is 0.957. The third-order valence-corrected chi connectivity index (χ3v) is 6.69. The summed E-state index contributed by atoms with van der Waals surface area (Å²) in [5.74, 6) is 0.0657. The molecule has 164 valence electrons. The highest BCUT2D eigenvalue weighted by Gasteiger charge is 2.33. The Bertz CT molecular complexity index is 1010. The molecule has 3 aliphatic rings. The van der Waals surface area contributed by atoms with Crippen LogP contribution in [0.4, 0.5) is 17.1 Å². The lowest BCUT2D eigenvalue weighted by Gasteiger charge is -2.27. The van der Waals surface area contributed by atoms with E-state index in [2.05, 4.69) is 15.5 Å². The van der Waals surface area contributed by atoms with Gasteiger partial charge in [-0.15, -0.1) is 0 Å². The molecule has 9 nitrogen and oxygen atoms in total. The molecule has 4 N–H and O–H groups in total. The maximum Gasteiger partial charge on any atom is 0.241 e. The second-order valence-corrected chi connectivity index (χ2v) is 8.86. The number of nitrogens with one attached hydrogen (secondary N) is 1. The summed E-state index contributed by atoms with van der Waals surface area (Å²) in [7, 11) is 1.87. The molecule has 1 amide bonds. The first-order valence-corrected chi connectivity index (χ1v) is 11.0. The summed E-state index contributed by atoms with van der Waals surface area (Å²) in [6, 6.07) is 3.30. The van der Waals surface area contributed by atoms with E-state index in [0.717, 1.165) is 42.5 Å². The van der Waals surface area contributed by atoms with Crippen molar-refractivity contribution in [2.24, 2.45) is 23.8 Å². The number of nitrogens with two attached hydrogens (primary N) is 1. The van der Waals surface area contributed by atoms with Gasteiger partial charge in [-0.3, -0.25) is 24.8 Å². The molecule has 2 aliphatic heterocycles. The molecule has 0 saturated heterocycles. The first-order valence-electron chi connectivity index (χ1n) is 11.0. The Kier molecular flexibility index (Phi) is 5.15. The second-order valence-electron chi connectivity index (χ2n) is 8.86. The minimum atomic E-state index is -0.513. The van der Waals surface area contributed by atoms with Gasteiger partial charge in [0.25, 0.3) is 0 Å². The van der Waals surface area contributed by atoms with Crippen LogP contribution in [-0.4, -0.2) is 39.7 Å². The average Bonchev–Trinajstić information content (AvgIpc) is 3.28. The summed E-state index contributed by atoms with van der Waals surface area (Å²) < 4.78 is 1.74. The number of hydrazone groups is 1. The van der Waals surface area contributed by atoms with Gasteiger partial charge in [0.2, 0.25) is 5.91 Å². The number of aromatic nitrogens is 2. The van der Waals surface area contributed by atoms with Crippen LogP contribution >= 0.6 is 0 Å². The summed E-state index contributed by atoms with van der Waals surface area (Å²) in [4.78, 5) is 12.9. The van der Waals surface area contributed by atoms with Crippen LogP contribution in [0.1, 0.15) is 49.1 Å². The van der Waals surface area contributed by atoms with E-state index in [9.17, 15) is 10.0 Å². The van der Waals surface area contributed by atoms with Gasteiger partial charge in [0.15, 0.2) is 0 Å². The molecule has 1 saturated carbocycles. The van der Waals surface area contributed by atoms with Crippen molar-refractivity contribution in [3.63, 3.8) is 0 Å². The first kappa shape index (κ1) is 20.0. The molecule has 5 rings (SSSR count). The summed E-state index contributed by atoms with van der Waals surface area (Å²) >= 11 is 0. The van der Waals surface area contributed by atoms with Gasteiger partial charge in [0, 0.05) is 31.1 Å². The van der Waals surface area contributed by atoms with Gasteiger partial charge >= 0.3 is 0 Å². The lowest BCUT2D eigenvalue weighted by molar-refractivity contribution is -0.118. The van der Waals surface area contributed by atoms with Gasteiger partial charge in [-0.05, 0) is 42.0 Å². The van der Waals surface area contributed by atoms with Crippen molar-refractivity contribution in [2.45, 2.75) is 50.6 Å².